The minimum Gasteiger partial charge on any atom is -0.305 e. The first-order valence-electron chi connectivity index (χ1n) is 6.92. The first kappa shape index (κ1) is 13.7. The molecule has 108 valence electrons. The van der Waals surface area contributed by atoms with Crippen molar-refractivity contribution in [1.29, 1.82) is 0 Å². The minimum atomic E-state index is -0.0589. The normalized spacial score (nSPS) is 17.9. The Labute approximate surface area is 122 Å². The van der Waals surface area contributed by atoms with Crippen molar-refractivity contribution < 1.29 is 0 Å². The summed E-state index contributed by atoms with van der Waals surface area (Å²) in [5.41, 5.74) is 1.67. The summed E-state index contributed by atoms with van der Waals surface area (Å²) in [5.74, 6) is 0. The Morgan fingerprint density at radius 1 is 1.20 bits per heavy atom. The van der Waals surface area contributed by atoms with E-state index in [9.17, 15) is 4.79 Å². The number of rotatable bonds is 3. The zero-order valence-corrected chi connectivity index (χ0v) is 12.4. The number of aromatic amines is 1. The lowest BCUT2D eigenvalue weighted by atomic mass is 10.3. The maximum atomic E-state index is 12.0. The van der Waals surface area contributed by atoms with Crippen LogP contribution >= 0.6 is 11.6 Å². The largest absolute Gasteiger partial charge is 0.326 e. The predicted molar refractivity (Wildman–Crippen MR) is 81.5 cm³/mol. The Balaban J connectivity index is 1.74. The lowest BCUT2D eigenvalue weighted by Gasteiger charge is -2.32. The van der Waals surface area contributed by atoms with Gasteiger partial charge >= 0.3 is 5.69 Å². The number of likely N-dealkylation sites (N-methyl/N-ethyl adjacent to an activating group) is 1. The summed E-state index contributed by atoms with van der Waals surface area (Å²) < 4.78 is 1.80. The number of halogens is 1. The molecule has 1 aliphatic rings. The molecule has 1 aromatic carbocycles. The Kier molecular flexibility index (Phi) is 3.83. The van der Waals surface area contributed by atoms with Crippen molar-refractivity contribution >= 4 is 22.6 Å². The SMILES string of the molecule is CN1CCN(CCn2c(=O)[nH]c3cc(Cl)ccc32)CC1. The quantitative estimate of drug-likeness (QED) is 0.926. The van der Waals surface area contributed by atoms with Gasteiger partial charge in [0.25, 0.3) is 0 Å². The third-order valence-electron chi connectivity index (χ3n) is 3.97. The van der Waals surface area contributed by atoms with Gasteiger partial charge in [-0.2, -0.15) is 0 Å². The van der Waals surface area contributed by atoms with E-state index in [1.165, 1.54) is 0 Å². The first-order valence-corrected chi connectivity index (χ1v) is 7.30. The third kappa shape index (κ3) is 2.75. The lowest BCUT2D eigenvalue weighted by Crippen LogP contribution is -2.45. The van der Waals surface area contributed by atoms with Crippen molar-refractivity contribution in [3.63, 3.8) is 0 Å². The molecule has 6 heteroatoms. The Bertz CT molecular complexity index is 655. The summed E-state index contributed by atoms with van der Waals surface area (Å²) in [6.07, 6.45) is 0. The number of H-pyrrole nitrogens is 1. The molecule has 3 rings (SSSR count). The zero-order chi connectivity index (χ0) is 14.1. The monoisotopic (exact) mass is 294 g/mol. The van der Waals surface area contributed by atoms with Crippen molar-refractivity contribution in [3.8, 4) is 0 Å². The van der Waals surface area contributed by atoms with Gasteiger partial charge in [-0.25, -0.2) is 4.79 Å². The smallest absolute Gasteiger partial charge is 0.305 e. The third-order valence-corrected chi connectivity index (χ3v) is 4.21. The predicted octanol–water partition coefficient (Wildman–Crippen LogP) is 1.23. The summed E-state index contributed by atoms with van der Waals surface area (Å²) in [4.78, 5) is 19.6. The second-order valence-corrected chi connectivity index (χ2v) is 5.82. The van der Waals surface area contributed by atoms with Gasteiger partial charge < -0.3 is 9.88 Å². The number of piperazine rings is 1. The van der Waals surface area contributed by atoms with E-state index >= 15 is 0 Å². The standard InChI is InChI=1S/C14H19ClN4O/c1-17-4-6-18(7-5-17)8-9-19-13-3-2-11(15)10-12(13)16-14(19)20/h2-3,10H,4-9H2,1H3,(H,16,20). The van der Waals surface area contributed by atoms with E-state index in [-0.39, 0.29) is 5.69 Å². The van der Waals surface area contributed by atoms with Crippen LogP contribution in [0.1, 0.15) is 0 Å². The molecule has 1 N–H and O–H groups in total. The summed E-state index contributed by atoms with van der Waals surface area (Å²) in [5, 5.41) is 0.643. The van der Waals surface area contributed by atoms with E-state index in [2.05, 4.69) is 21.8 Å². The summed E-state index contributed by atoms with van der Waals surface area (Å²) in [7, 11) is 2.14. The van der Waals surface area contributed by atoms with Crippen LogP contribution < -0.4 is 5.69 Å². The van der Waals surface area contributed by atoms with Crippen LogP contribution in [0.5, 0.6) is 0 Å². The average Bonchev–Trinajstić information content (AvgIpc) is 2.73. The molecule has 5 nitrogen and oxygen atoms in total. The van der Waals surface area contributed by atoms with Crippen LogP contribution in [0.25, 0.3) is 11.0 Å². The molecular weight excluding hydrogens is 276 g/mol. The maximum Gasteiger partial charge on any atom is 0.326 e. The van der Waals surface area contributed by atoms with Crippen LogP contribution in [-0.4, -0.2) is 59.1 Å². The van der Waals surface area contributed by atoms with E-state index in [1.807, 2.05) is 12.1 Å². The average molecular weight is 295 g/mol. The Morgan fingerprint density at radius 2 is 1.95 bits per heavy atom. The number of aromatic nitrogens is 2. The van der Waals surface area contributed by atoms with Gasteiger partial charge in [-0.3, -0.25) is 9.47 Å². The van der Waals surface area contributed by atoms with Gasteiger partial charge in [0.2, 0.25) is 0 Å². The number of fused-ring (bicyclic) bond motifs is 1. The number of nitrogens with zero attached hydrogens (tertiary/aromatic N) is 3. The number of nitrogens with one attached hydrogen (secondary N) is 1. The van der Waals surface area contributed by atoms with Crippen molar-refractivity contribution in [2.75, 3.05) is 39.8 Å². The fourth-order valence-electron chi connectivity index (χ4n) is 2.67. The van der Waals surface area contributed by atoms with Gasteiger partial charge in [0.05, 0.1) is 11.0 Å². The molecule has 0 spiro atoms. The highest BCUT2D eigenvalue weighted by molar-refractivity contribution is 6.31. The Hall–Kier alpha value is -1.30. The molecule has 1 aromatic heterocycles. The van der Waals surface area contributed by atoms with Crippen molar-refractivity contribution in [2.24, 2.45) is 0 Å². The molecule has 0 bridgehead atoms. The topological polar surface area (TPSA) is 44.3 Å². The van der Waals surface area contributed by atoms with Gasteiger partial charge in [-0.1, -0.05) is 11.6 Å². The van der Waals surface area contributed by atoms with E-state index in [1.54, 1.807) is 10.6 Å². The highest BCUT2D eigenvalue weighted by atomic mass is 35.5. The first-order chi connectivity index (χ1) is 9.63. The van der Waals surface area contributed by atoms with Gasteiger partial charge in [0.15, 0.2) is 0 Å². The molecule has 20 heavy (non-hydrogen) atoms. The number of hydrogen-bond donors (Lipinski definition) is 1. The lowest BCUT2D eigenvalue weighted by molar-refractivity contribution is 0.150. The van der Waals surface area contributed by atoms with Gasteiger partial charge in [-0.15, -0.1) is 0 Å². The molecule has 0 saturated carbocycles. The minimum absolute atomic E-state index is 0.0589. The highest BCUT2D eigenvalue weighted by Crippen LogP contribution is 2.16. The number of imidazole rings is 1. The summed E-state index contributed by atoms with van der Waals surface area (Å²) in [6, 6.07) is 5.52. The van der Waals surface area contributed by atoms with Crippen molar-refractivity contribution in [2.45, 2.75) is 6.54 Å². The van der Waals surface area contributed by atoms with Crippen LogP contribution in [0, 0.1) is 0 Å². The molecule has 0 amide bonds. The van der Waals surface area contributed by atoms with Crippen molar-refractivity contribution in [1.82, 2.24) is 19.4 Å². The molecule has 2 aromatic rings. The number of benzene rings is 1. The second kappa shape index (κ2) is 5.60. The van der Waals surface area contributed by atoms with Crippen LogP contribution in [0.2, 0.25) is 5.02 Å². The van der Waals surface area contributed by atoms with Gasteiger partial charge in [-0.05, 0) is 25.2 Å². The van der Waals surface area contributed by atoms with Crippen LogP contribution in [0.15, 0.2) is 23.0 Å². The van der Waals surface area contributed by atoms with E-state index in [4.69, 9.17) is 11.6 Å². The summed E-state index contributed by atoms with van der Waals surface area (Å²) in [6.45, 7) is 5.95. The van der Waals surface area contributed by atoms with E-state index in [0.717, 1.165) is 43.8 Å². The Morgan fingerprint density at radius 3 is 2.70 bits per heavy atom. The van der Waals surface area contributed by atoms with E-state index in [0.29, 0.717) is 11.6 Å². The molecule has 0 atom stereocenters. The second-order valence-electron chi connectivity index (χ2n) is 5.39. The molecule has 1 saturated heterocycles. The molecule has 0 unspecified atom stereocenters. The number of hydrogen-bond acceptors (Lipinski definition) is 3. The highest BCUT2D eigenvalue weighted by Gasteiger charge is 2.14. The van der Waals surface area contributed by atoms with Crippen LogP contribution in [0.3, 0.4) is 0 Å². The zero-order valence-electron chi connectivity index (χ0n) is 11.6. The molecule has 0 aliphatic carbocycles. The van der Waals surface area contributed by atoms with Gasteiger partial charge in [0.1, 0.15) is 0 Å². The van der Waals surface area contributed by atoms with E-state index < -0.39 is 0 Å². The van der Waals surface area contributed by atoms with Gasteiger partial charge in [0, 0.05) is 44.3 Å². The fraction of sp³-hybridized carbons (Fsp3) is 0.500. The van der Waals surface area contributed by atoms with Crippen molar-refractivity contribution in [3.05, 3.63) is 33.7 Å². The molecule has 1 aliphatic heterocycles. The molecule has 0 radical (unpaired) electrons. The van der Waals surface area contributed by atoms with Crippen LogP contribution in [-0.2, 0) is 6.54 Å². The molecule has 1 fully saturated rings. The molecule has 2 heterocycles. The molecular formula is C14H19ClN4O. The summed E-state index contributed by atoms with van der Waals surface area (Å²) >= 11 is 5.95. The fourth-order valence-corrected chi connectivity index (χ4v) is 2.84. The maximum absolute atomic E-state index is 12.0. The van der Waals surface area contributed by atoms with Crippen LogP contribution in [0.4, 0.5) is 0 Å².